The van der Waals surface area contributed by atoms with Gasteiger partial charge in [0.05, 0.1) is 24.2 Å². The number of hydrazine groups is 1. The average molecular weight is 751 g/mol. The van der Waals surface area contributed by atoms with Crippen molar-refractivity contribution in [3.05, 3.63) is 41.5 Å². The van der Waals surface area contributed by atoms with Crippen molar-refractivity contribution >= 4 is 33.7 Å². The third kappa shape index (κ3) is 6.19. The van der Waals surface area contributed by atoms with Crippen LogP contribution in [0.1, 0.15) is 108 Å². The van der Waals surface area contributed by atoms with Crippen molar-refractivity contribution < 1.29 is 27.5 Å². The summed E-state index contributed by atoms with van der Waals surface area (Å²) in [5.41, 5.74) is 8.40. The van der Waals surface area contributed by atoms with Crippen LogP contribution in [0.15, 0.2) is 30.3 Å². The zero-order valence-electron chi connectivity index (χ0n) is 32.8. The molecule has 292 valence electrons. The summed E-state index contributed by atoms with van der Waals surface area (Å²) in [5, 5.41) is 4.04. The topological polar surface area (TPSA) is 134 Å². The highest BCUT2D eigenvalue weighted by Crippen LogP contribution is 2.76. The predicted octanol–water partition coefficient (Wildman–Crippen LogP) is 5.40. The van der Waals surface area contributed by atoms with E-state index in [4.69, 9.17) is 4.74 Å². The van der Waals surface area contributed by atoms with Crippen LogP contribution in [0.2, 0.25) is 0 Å². The first-order chi connectivity index (χ1) is 25.1. The van der Waals surface area contributed by atoms with Gasteiger partial charge in [0.15, 0.2) is 9.84 Å². The summed E-state index contributed by atoms with van der Waals surface area (Å²) in [7, 11) is -1.51. The molecule has 10 nitrogen and oxygen atoms in total. The van der Waals surface area contributed by atoms with Gasteiger partial charge >= 0.3 is 5.97 Å². The first-order valence-electron chi connectivity index (χ1n) is 20.1. The molecule has 1 heterocycles. The number of benzene rings is 1. The van der Waals surface area contributed by atoms with Gasteiger partial charge in [0.25, 0.3) is 0 Å². The van der Waals surface area contributed by atoms with Crippen LogP contribution in [0.4, 0.5) is 0 Å². The normalized spacial score (nSPS) is 40.0. The zero-order chi connectivity index (χ0) is 38.0. The van der Waals surface area contributed by atoms with Gasteiger partial charge in [0.1, 0.15) is 0 Å². The Kier molecular flexibility index (Phi) is 10.0. The Morgan fingerprint density at radius 2 is 1.62 bits per heavy atom. The number of rotatable bonds is 9. The van der Waals surface area contributed by atoms with E-state index >= 15 is 0 Å². The van der Waals surface area contributed by atoms with Crippen molar-refractivity contribution in [3.63, 3.8) is 0 Å². The minimum atomic E-state index is -2.93. The number of nitrogens with zero attached hydrogens (tertiary/aromatic N) is 1. The standard InChI is InChI=1S/C42H62N4O6S/c1-38(2)31(28-7-9-29(10-8-28)37(49)52-6)14-16-39(3)33(38)15-17-41(5)34(39)12-11-32-35-30(36(48)45-44-27-47)13-18-42(35,20-19-40(32,41)4)43-21-22-46-23-25-53(50,51)26-24-46/h7-10,14,27,30,32-35,43H,11-13,15-26H2,1-6H3,(H,44,47)(H,45,48). The van der Waals surface area contributed by atoms with Crippen molar-refractivity contribution in [2.24, 2.45) is 51.2 Å². The van der Waals surface area contributed by atoms with Crippen molar-refractivity contribution in [3.8, 4) is 0 Å². The summed E-state index contributed by atoms with van der Waals surface area (Å²) >= 11 is 0. The molecule has 7 rings (SSSR count). The Morgan fingerprint density at radius 3 is 2.30 bits per heavy atom. The van der Waals surface area contributed by atoms with Crippen LogP contribution in [0.5, 0.6) is 0 Å². The lowest BCUT2D eigenvalue weighted by Crippen LogP contribution is -2.68. The highest BCUT2D eigenvalue weighted by Gasteiger charge is 2.71. The SMILES string of the molecule is COC(=O)c1ccc(C2=CCC3(C)C(CCC4(C)C3CCC3C5C(C(=O)NNC=O)CCC5(NCCN5CCS(=O)(=O)CC5)CCC34C)C2(C)C)cc1. The largest absolute Gasteiger partial charge is 0.465 e. The lowest BCUT2D eigenvalue weighted by atomic mass is 9.33. The number of methoxy groups -OCH3 is 1. The molecular formula is C42H62N4O6S. The molecule has 2 amide bonds. The molecule has 0 bridgehead atoms. The smallest absolute Gasteiger partial charge is 0.337 e. The molecule has 53 heavy (non-hydrogen) atoms. The molecule has 1 aromatic rings. The molecule has 6 aliphatic rings. The van der Waals surface area contributed by atoms with Crippen molar-refractivity contribution in [1.82, 2.24) is 21.1 Å². The summed E-state index contributed by atoms with van der Waals surface area (Å²) in [6, 6.07) is 7.94. The first-order valence-corrected chi connectivity index (χ1v) is 21.9. The average Bonchev–Trinajstić information content (AvgIpc) is 3.51. The van der Waals surface area contributed by atoms with Crippen molar-refractivity contribution in [2.45, 2.75) is 97.9 Å². The summed E-state index contributed by atoms with van der Waals surface area (Å²) < 4.78 is 29.0. The second kappa shape index (κ2) is 13.8. The fraction of sp³-hybridized carbons (Fsp3) is 0.738. The van der Waals surface area contributed by atoms with Gasteiger partial charge in [-0.1, -0.05) is 52.8 Å². The molecule has 5 fully saturated rings. The van der Waals surface area contributed by atoms with Gasteiger partial charge in [-0.2, -0.15) is 0 Å². The van der Waals surface area contributed by atoms with Crippen LogP contribution in [-0.2, 0) is 24.2 Å². The van der Waals surface area contributed by atoms with Crippen LogP contribution in [0.25, 0.3) is 5.57 Å². The fourth-order valence-corrected chi connectivity index (χ4v) is 15.1. The summed E-state index contributed by atoms with van der Waals surface area (Å²) in [5.74, 6) is 1.47. The van der Waals surface area contributed by atoms with Crippen molar-refractivity contribution in [1.29, 1.82) is 0 Å². The van der Waals surface area contributed by atoms with Gasteiger partial charge in [-0.15, -0.1) is 0 Å². The highest BCUT2D eigenvalue weighted by atomic mass is 32.2. The van der Waals surface area contributed by atoms with E-state index < -0.39 is 9.84 Å². The van der Waals surface area contributed by atoms with Crippen molar-refractivity contribution in [2.75, 3.05) is 44.8 Å². The van der Waals surface area contributed by atoms with Crippen LogP contribution < -0.4 is 16.2 Å². The molecule has 9 unspecified atom stereocenters. The Bertz CT molecular complexity index is 1730. The summed E-state index contributed by atoms with van der Waals surface area (Å²) in [4.78, 5) is 39.4. The number of fused-ring (bicyclic) bond motifs is 7. The number of carbonyl (C=O) groups excluding carboxylic acids is 3. The van der Waals surface area contributed by atoms with E-state index in [1.807, 2.05) is 12.1 Å². The summed E-state index contributed by atoms with van der Waals surface area (Å²) in [6.45, 7) is 15.4. The Balaban J connectivity index is 1.16. The molecule has 0 spiro atoms. The van der Waals surface area contributed by atoms with E-state index in [-0.39, 0.29) is 62.4 Å². The number of ether oxygens (including phenoxy) is 1. The monoisotopic (exact) mass is 750 g/mol. The quantitative estimate of drug-likeness (QED) is 0.174. The van der Waals surface area contributed by atoms with E-state index in [0.29, 0.717) is 42.8 Å². The highest BCUT2D eigenvalue weighted by molar-refractivity contribution is 7.91. The van der Waals surface area contributed by atoms with E-state index in [1.54, 1.807) is 0 Å². The maximum atomic E-state index is 13.8. The Morgan fingerprint density at radius 1 is 0.906 bits per heavy atom. The molecule has 9 atom stereocenters. The molecule has 5 aliphatic carbocycles. The van der Waals surface area contributed by atoms with Gasteiger partial charge in [-0.05, 0) is 126 Å². The second-order valence-corrected chi connectivity index (χ2v) is 21.1. The molecule has 3 N–H and O–H groups in total. The van der Waals surface area contributed by atoms with Crippen LogP contribution in [-0.4, -0.2) is 81.9 Å². The molecule has 11 heteroatoms. The Hall–Kier alpha value is -2.76. The first kappa shape index (κ1) is 38.5. The van der Waals surface area contributed by atoms with Crippen LogP contribution in [0, 0.1) is 51.2 Å². The number of nitrogens with one attached hydrogen (secondary N) is 3. The maximum Gasteiger partial charge on any atom is 0.337 e. The molecule has 0 radical (unpaired) electrons. The van der Waals surface area contributed by atoms with E-state index in [0.717, 1.165) is 70.9 Å². The van der Waals surface area contributed by atoms with E-state index in [1.165, 1.54) is 18.2 Å². The predicted molar refractivity (Wildman–Crippen MR) is 206 cm³/mol. The maximum absolute atomic E-state index is 13.8. The van der Waals surface area contributed by atoms with E-state index in [9.17, 15) is 22.8 Å². The Labute approximate surface area is 316 Å². The number of hydrogen-bond donors (Lipinski definition) is 3. The second-order valence-electron chi connectivity index (χ2n) is 18.8. The van der Waals surface area contributed by atoms with Gasteiger partial charge in [-0.25, -0.2) is 13.2 Å². The third-order valence-corrected chi connectivity index (χ3v) is 18.2. The lowest BCUT2D eigenvalue weighted by molar-refractivity contribution is -0.220. The van der Waals surface area contributed by atoms with E-state index in [2.05, 4.69) is 73.9 Å². The molecule has 4 saturated carbocycles. The van der Waals surface area contributed by atoms with Crippen LogP contribution in [0.3, 0.4) is 0 Å². The van der Waals surface area contributed by atoms with Gasteiger partial charge < -0.3 is 15.0 Å². The minimum absolute atomic E-state index is 0.0384. The number of allylic oxidation sites excluding steroid dienone is 2. The zero-order valence-corrected chi connectivity index (χ0v) is 33.6. The van der Waals surface area contributed by atoms with Gasteiger partial charge in [0, 0.05) is 37.6 Å². The third-order valence-electron chi connectivity index (χ3n) is 16.6. The molecule has 1 saturated heterocycles. The minimum Gasteiger partial charge on any atom is -0.465 e. The molecule has 1 aliphatic heterocycles. The number of amides is 2. The number of carbonyl (C=O) groups is 3. The number of hydrogen-bond acceptors (Lipinski definition) is 8. The lowest BCUT2D eigenvalue weighted by Gasteiger charge is -2.72. The fourth-order valence-electron chi connectivity index (χ4n) is 13.8. The van der Waals surface area contributed by atoms with Gasteiger partial charge in [-0.3, -0.25) is 20.4 Å². The molecule has 1 aromatic carbocycles. The van der Waals surface area contributed by atoms with Crippen LogP contribution >= 0.6 is 0 Å². The molecular weight excluding hydrogens is 689 g/mol. The number of sulfone groups is 1. The molecule has 0 aromatic heterocycles. The summed E-state index contributed by atoms with van der Waals surface area (Å²) in [6.07, 6.45) is 12.5. The number of esters is 1. The van der Waals surface area contributed by atoms with Gasteiger partial charge in [0.2, 0.25) is 12.3 Å².